The largest absolute Gasteiger partial charge is 0.497 e. The lowest BCUT2D eigenvalue weighted by Crippen LogP contribution is -2.40. The molecule has 0 bridgehead atoms. The van der Waals surface area contributed by atoms with E-state index in [0.717, 1.165) is 47.9 Å². The van der Waals surface area contributed by atoms with Crippen LogP contribution in [0, 0.1) is 12.8 Å². The number of aryl methyl sites for hydroxylation is 1. The van der Waals surface area contributed by atoms with Crippen LogP contribution in [0.15, 0.2) is 28.8 Å². The van der Waals surface area contributed by atoms with Crippen LogP contribution in [0.1, 0.15) is 35.9 Å². The number of likely N-dealkylation sites (tertiary alicyclic amines) is 1. The van der Waals surface area contributed by atoms with Gasteiger partial charge in [0, 0.05) is 18.7 Å². The maximum absolute atomic E-state index is 13.1. The third-order valence-electron chi connectivity index (χ3n) is 5.05. The van der Waals surface area contributed by atoms with E-state index in [-0.39, 0.29) is 17.9 Å². The molecule has 0 aliphatic carbocycles. The van der Waals surface area contributed by atoms with Gasteiger partial charge in [0.15, 0.2) is 0 Å². The predicted octanol–water partition coefficient (Wildman–Crippen LogP) is 2.91. The highest BCUT2D eigenvalue weighted by Gasteiger charge is 2.37. The average Bonchev–Trinajstić information content (AvgIpc) is 3.28. The Morgan fingerprint density at radius 1 is 1.36 bits per heavy atom. The van der Waals surface area contributed by atoms with Crippen molar-refractivity contribution >= 4 is 5.91 Å². The molecule has 2 atom stereocenters. The average molecular weight is 342 g/mol. The molecule has 0 saturated carbocycles. The van der Waals surface area contributed by atoms with Gasteiger partial charge in [-0.2, -0.15) is 0 Å². The molecule has 0 radical (unpaired) electrons. The van der Waals surface area contributed by atoms with Crippen molar-refractivity contribution in [3.63, 3.8) is 0 Å². The molecular weight excluding hydrogens is 320 g/mol. The van der Waals surface area contributed by atoms with Gasteiger partial charge in [-0.15, -0.1) is 0 Å². The number of methoxy groups -OCH3 is 1. The molecule has 2 aromatic rings. The van der Waals surface area contributed by atoms with Crippen LogP contribution in [-0.2, 0) is 11.2 Å². The third kappa shape index (κ3) is 2.97. The molecule has 0 spiro atoms. The highest BCUT2D eigenvalue weighted by atomic mass is 16.5. The van der Waals surface area contributed by atoms with Crippen LogP contribution in [0.3, 0.4) is 0 Å². The molecule has 0 N–H and O–H groups in total. The zero-order valence-electron chi connectivity index (χ0n) is 14.5. The summed E-state index contributed by atoms with van der Waals surface area (Å²) in [6.07, 6.45) is 2.61. The number of amides is 1. The van der Waals surface area contributed by atoms with Crippen molar-refractivity contribution in [2.75, 3.05) is 20.3 Å². The van der Waals surface area contributed by atoms with Gasteiger partial charge in [-0.1, -0.05) is 11.2 Å². The Balaban J connectivity index is 1.51. The number of carbonyl (C=O) groups excluding carboxylic acids is 1. The zero-order valence-corrected chi connectivity index (χ0v) is 14.5. The normalized spacial score (nSPS) is 22.4. The van der Waals surface area contributed by atoms with Crippen LogP contribution in [0.2, 0.25) is 0 Å². The maximum Gasteiger partial charge on any atom is 0.230 e. The fraction of sp³-hybridized carbons (Fsp3) is 0.474. The van der Waals surface area contributed by atoms with Crippen molar-refractivity contribution in [2.24, 2.45) is 5.92 Å². The lowest BCUT2D eigenvalue weighted by Gasteiger charge is -2.31. The Morgan fingerprint density at radius 2 is 2.24 bits per heavy atom. The van der Waals surface area contributed by atoms with E-state index in [1.807, 2.05) is 36.1 Å². The second-order valence-corrected chi connectivity index (χ2v) is 6.74. The minimum Gasteiger partial charge on any atom is -0.497 e. The first-order valence-corrected chi connectivity index (χ1v) is 8.69. The van der Waals surface area contributed by atoms with Crippen LogP contribution in [0.25, 0.3) is 0 Å². The predicted molar refractivity (Wildman–Crippen MR) is 90.6 cm³/mol. The molecule has 1 saturated heterocycles. The first-order valence-electron chi connectivity index (χ1n) is 8.69. The maximum atomic E-state index is 13.1. The summed E-state index contributed by atoms with van der Waals surface area (Å²) in [5.41, 5.74) is 1.91. The Morgan fingerprint density at radius 3 is 3.00 bits per heavy atom. The van der Waals surface area contributed by atoms with E-state index in [0.29, 0.717) is 13.0 Å². The Bertz CT molecular complexity index is 785. The fourth-order valence-electron chi connectivity index (χ4n) is 3.75. The summed E-state index contributed by atoms with van der Waals surface area (Å²) < 4.78 is 16.3. The number of fused-ring (bicyclic) bond motifs is 1. The molecule has 4 rings (SSSR count). The molecule has 1 fully saturated rings. The van der Waals surface area contributed by atoms with Crippen molar-refractivity contribution in [3.05, 3.63) is 41.3 Å². The lowest BCUT2D eigenvalue weighted by atomic mass is 9.95. The smallest absolute Gasteiger partial charge is 0.230 e. The lowest BCUT2D eigenvalue weighted by molar-refractivity contribution is -0.138. The molecule has 0 unspecified atom stereocenters. The number of hydrogen-bond acceptors (Lipinski definition) is 5. The van der Waals surface area contributed by atoms with Crippen molar-refractivity contribution < 1.29 is 18.8 Å². The van der Waals surface area contributed by atoms with E-state index >= 15 is 0 Å². The monoisotopic (exact) mass is 342 g/mol. The van der Waals surface area contributed by atoms with Gasteiger partial charge >= 0.3 is 0 Å². The van der Waals surface area contributed by atoms with E-state index in [4.69, 9.17) is 14.0 Å². The summed E-state index contributed by atoms with van der Waals surface area (Å²) in [4.78, 5) is 15.0. The van der Waals surface area contributed by atoms with Crippen LogP contribution in [-0.4, -0.2) is 36.2 Å². The second-order valence-electron chi connectivity index (χ2n) is 6.74. The van der Waals surface area contributed by atoms with Gasteiger partial charge < -0.3 is 18.9 Å². The number of rotatable bonds is 3. The summed E-state index contributed by atoms with van der Waals surface area (Å²) in [7, 11) is 1.63. The molecular formula is C19H22N2O4. The highest BCUT2D eigenvalue weighted by molar-refractivity contribution is 5.80. The molecule has 2 aliphatic rings. The van der Waals surface area contributed by atoms with Crippen LogP contribution >= 0.6 is 0 Å². The summed E-state index contributed by atoms with van der Waals surface area (Å²) >= 11 is 0. The van der Waals surface area contributed by atoms with Gasteiger partial charge in [0.2, 0.25) is 5.91 Å². The zero-order chi connectivity index (χ0) is 17.4. The van der Waals surface area contributed by atoms with Gasteiger partial charge in [0.1, 0.15) is 29.6 Å². The number of ether oxygens (including phenoxy) is 2. The molecule has 2 aliphatic heterocycles. The Kier molecular flexibility index (Phi) is 4.11. The summed E-state index contributed by atoms with van der Waals surface area (Å²) in [5.74, 6) is 2.34. The minimum absolute atomic E-state index is 0.0159. The van der Waals surface area contributed by atoms with Crippen molar-refractivity contribution in [1.29, 1.82) is 0 Å². The molecule has 6 nitrogen and oxygen atoms in total. The SMILES string of the molecule is COc1ccc2c(c1)OC[C@@H](C(=O)N1CCC[C@H]1c1cc(C)on1)C2. The quantitative estimate of drug-likeness (QED) is 0.858. The Labute approximate surface area is 146 Å². The second kappa shape index (κ2) is 6.43. The molecule has 6 heteroatoms. The first-order chi connectivity index (χ1) is 12.2. The Hall–Kier alpha value is -2.50. The molecule has 3 heterocycles. The van der Waals surface area contributed by atoms with Crippen molar-refractivity contribution in [2.45, 2.75) is 32.2 Å². The van der Waals surface area contributed by atoms with Gasteiger partial charge in [0.05, 0.1) is 19.1 Å². The van der Waals surface area contributed by atoms with Crippen LogP contribution < -0.4 is 9.47 Å². The topological polar surface area (TPSA) is 64.8 Å². The van der Waals surface area contributed by atoms with Gasteiger partial charge in [0.25, 0.3) is 0 Å². The number of benzene rings is 1. The molecule has 1 amide bonds. The third-order valence-corrected chi connectivity index (χ3v) is 5.05. The van der Waals surface area contributed by atoms with Gasteiger partial charge in [-0.25, -0.2) is 0 Å². The van der Waals surface area contributed by atoms with Crippen LogP contribution in [0.4, 0.5) is 0 Å². The van der Waals surface area contributed by atoms with Gasteiger partial charge in [-0.05, 0) is 37.8 Å². The summed E-state index contributed by atoms with van der Waals surface area (Å²) in [6, 6.07) is 7.71. The molecule has 1 aromatic heterocycles. The number of hydrogen-bond donors (Lipinski definition) is 0. The standard InChI is InChI=1S/C19H22N2O4/c1-12-8-16(20-25-12)17-4-3-7-21(17)19(22)14-9-13-5-6-15(23-2)10-18(13)24-11-14/h5-6,8,10,14,17H,3-4,7,9,11H2,1-2H3/t14-,17-/m0/s1. The van der Waals surface area contributed by atoms with E-state index in [2.05, 4.69) is 5.16 Å². The van der Waals surface area contributed by atoms with E-state index in [1.165, 1.54) is 0 Å². The summed E-state index contributed by atoms with van der Waals surface area (Å²) in [6.45, 7) is 3.04. The minimum atomic E-state index is -0.158. The number of carbonyl (C=O) groups is 1. The van der Waals surface area contributed by atoms with E-state index in [9.17, 15) is 4.79 Å². The first kappa shape index (κ1) is 16.0. The van der Waals surface area contributed by atoms with E-state index in [1.54, 1.807) is 7.11 Å². The van der Waals surface area contributed by atoms with Crippen molar-refractivity contribution in [1.82, 2.24) is 10.1 Å². The summed E-state index contributed by atoms with van der Waals surface area (Å²) in [5, 5.41) is 4.12. The fourth-order valence-corrected chi connectivity index (χ4v) is 3.75. The van der Waals surface area contributed by atoms with Crippen molar-refractivity contribution in [3.8, 4) is 11.5 Å². The van der Waals surface area contributed by atoms with E-state index < -0.39 is 0 Å². The van der Waals surface area contributed by atoms with Gasteiger partial charge in [-0.3, -0.25) is 4.79 Å². The highest BCUT2D eigenvalue weighted by Crippen LogP contribution is 2.36. The molecule has 1 aromatic carbocycles. The molecule has 132 valence electrons. The number of aromatic nitrogens is 1. The molecule has 25 heavy (non-hydrogen) atoms. The van der Waals surface area contributed by atoms with Crippen LogP contribution in [0.5, 0.6) is 11.5 Å². The number of nitrogens with zero attached hydrogens (tertiary/aromatic N) is 2.